The Morgan fingerprint density at radius 3 is 2.82 bits per heavy atom. The highest BCUT2D eigenvalue weighted by molar-refractivity contribution is 5.60. The summed E-state index contributed by atoms with van der Waals surface area (Å²) >= 11 is 0. The van der Waals surface area contributed by atoms with E-state index in [1.165, 1.54) is 0 Å². The zero-order chi connectivity index (χ0) is 8.69. The average molecular weight is 160 g/mol. The molecule has 1 atom stereocenters. The number of rotatable bonds is 4. The maximum Gasteiger partial charge on any atom is 0.515 e. The first kappa shape index (κ1) is 9.97. The van der Waals surface area contributed by atoms with Crippen molar-refractivity contribution >= 4 is 6.16 Å². The molecule has 64 valence electrons. The summed E-state index contributed by atoms with van der Waals surface area (Å²) in [5.74, 6) is 0. The van der Waals surface area contributed by atoms with Gasteiger partial charge in [-0.3, -0.25) is 0 Å². The zero-order valence-electron chi connectivity index (χ0n) is 6.70. The van der Waals surface area contributed by atoms with E-state index in [-0.39, 0.29) is 0 Å². The van der Waals surface area contributed by atoms with Gasteiger partial charge < -0.3 is 14.2 Å². The first-order valence-corrected chi connectivity index (χ1v) is 3.30. The minimum Gasteiger partial charge on any atom is -0.404 e. The molecule has 0 N–H and O–H groups in total. The standard InChI is InChI=1S/C7H12O4/c1-4-9-6(3)11-7(8)10-5-2/h5-6H,2,4H2,1,3H3. The van der Waals surface area contributed by atoms with Crippen LogP contribution in [0.2, 0.25) is 0 Å². The number of carbonyl (C=O) groups is 1. The molecule has 11 heavy (non-hydrogen) atoms. The fraction of sp³-hybridized carbons (Fsp3) is 0.571. The van der Waals surface area contributed by atoms with Crippen molar-refractivity contribution in [1.82, 2.24) is 0 Å². The van der Waals surface area contributed by atoms with E-state index in [2.05, 4.69) is 16.1 Å². The Bertz CT molecular complexity index is 132. The summed E-state index contributed by atoms with van der Waals surface area (Å²) in [4.78, 5) is 10.5. The van der Waals surface area contributed by atoms with Gasteiger partial charge in [0, 0.05) is 6.61 Å². The van der Waals surface area contributed by atoms with Gasteiger partial charge in [-0.1, -0.05) is 6.58 Å². The summed E-state index contributed by atoms with van der Waals surface area (Å²) in [5, 5.41) is 0. The van der Waals surface area contributed by atoms with Gasteiger partial charge in [0.05, 0.1) is 6.26 Å². The zero-order valence-corrected chi connectivity index (χ0v) is 6.70. The molecule has 0 heterocycles. The summed E-state index contributed by atoms with van der Waals surface area (Å²) in [7, 11) is 0. The van der Waals surface area contributed by atoms with Crippen LogP contribution in [0.5, 0.6) is 0 Å². The minimum absolute atomic E-state index is 0.489. The van der Waals surface area contributed by atoms with Gasteiger partial charge in [-0.25, -0.2) is 4.79 Å². The Balaban J connectivity index is 3.48. The molecule has 0 saturated carbocycles. The average Bonchev–Trinajstić information content (AvgIpc) is 1.87. The third-order valence-corrected chi connectivity index (χ3v) is 0.843. The fourth-order valence-corrected chi connectivity index (χ4v) is 0.500. The highest BCUT2D eigenvalue weighted by Gasteiger charge is 2.07. The van der Waals surface area contributed by atoms with Crippen molar-refractivity contribution in [3.05, 3.63) is 12.8 Å². The van der Waals surface area contributed by atoms with Crippen molar-refractivity contribution in [2.24, 2.45) is 0 Å². The van der Waals surface area contributed by atoms with Gasteiger partial charge in [0.25, 0.3) is 0 Å². The topological polar surface area (TPSA) is 44.8 Å². The van der Waals surface area contributed by atoms with Gasteiger partial charge >= 0.3 is 6.16 Å². The number of hydrogen-bond acceptors (Lipinski definition) is 4. The lowest BCUT2D eigenvalue weighted by Gasteiger charge is -2.10. The smallest absolute Gasteiger partial charge is 0.404 e. The summed E-state index contributed by atoms with van der Waals surface area (Å²) < 4.78 is 13.8. The van der Waals surface area contributed by atoms with Crippen molar-refractivity contribution in [3.8, 4) is 0 Å². The predicted octanol–water partition coefficient (Wildman–Crippen LogP) is 1.67. The predicted molar refractivity (Wildman–Crippen MR) is 38.9 cm³/mol. The van der Waals surface area contributed by atoms with Crippen LogP contribution >= 0.6 is 0 Å². The molecule has 0 aliphatic carbocycles. The van der Waals surface area contributed by atoms with Gasteiger partial charge in [-0.2, -0.15) is 0 Å². The molecule has 0 saturated heterocycles. The van der Waals surface area contributed by atoms with Crippen LogP contribution in [-0.4, -0.2) is 19.1 Å². The molecule has 4 nitrogen and oxygen atoms in total. The summed E-state index contributed by atoms with van der Waals surface area (Å²) in [6, 6.07) is 0. The second kappa shape index (κ2) is 5.73. The van der Waals surface area contributed by atoms with Crippen molar-refractivity contribution in [3.63, 3.8) is 0 Å². The lowest BCUT2D eigenvalue weighted by Crippen LogP contribution is -2.17. The van der Waals surface area contributed by atoms with Crippen molar-refractivity contribution in [2.45, 2.75) is 20.1 Å². The van der Waals surface area contributed by atoms with Crippen LogP contribution in [0.1, 0.15) is 13.8 Å². The Morgan fingerprint density at radius 1 is 1.73 bits per heavy atom. The maximum atomic E-state index is 10.5. The SMILES string of the molecule is C=COC(=O)OC(C)OCC. The van der Waals surface area contributed by atoms with E-state index in [4.69, 9.17) is 4.74 Å². The number of carbonyl (C=O) groups excluding carboxylic acids is 1. The Labute approximate surface area is 65.7 Å². The normalized spacial score (nSPS) is 11.8. The van der Waals surface area contributed by atoms with Crippen molar-refractivity contribution in [1.29, 1.82) is 0 Å². The van der Waals surface area contributed by atoms with Crippen LogP contribution < -0.4 is 0 Å². The van der Waals surface area contributed by atoms with Gasteiger partial charge in [-0.15, -0.1) is 0 Å². The molecular weight excluding hydrogens is 148 g/mol. The van der Waals surface area contributed by atoms with E-state index in [1.807, 2.05) is 0 Å². The van der Waals surface area contributed by atoms with E-state index in [0.29, 0.717) is 6.61 Å². The Morgan fingerprint density at radius 2 is 2.36 bits per heavy atom. The van der Waals surface area contributed by atoms with Gasteiger partial charge in [0.15, 0.2) is 0 Å². The molecule has 0 aromatic heterocycles. The molecule has 4 heteroatoms. The first-order valence-electron chi connectivity index (χ1n) is 3.30. The molecule has 0 aliphatic rings. The quantitative estimate of drug-likeness (QED) is 0.356. The van der Waals surface area contributed by atoms with Crippen molar-refractivity contribution in [2.75, 3.05) is 6.61 Å². The molecule has 0 radical (unpaired) electrons. The Hall–Kier alpha value is -1.03. The first-order chi connectivity index (χ1) is 5.20. The van der Waals surface area contributed by atoms with Crippen LogP contribution in [0.15, 0.2) is 12.8 Å². The van der Waals surface area contributed by atoms with Gasteiger partial charge in [-0.05, 0) is 13.8 Å². The molecule has 1 unspecified atom stereocenters. The second-order valence-corrected chi connectivity index (χ2v) is 1.68. The van der Waals surface area contributed by atoms with Crippen LogP contribution in [0.25, 0.3) is 0 Å². The molecule has 0 bridgehead atoms. The molecule has 0 rings (SSSR count). The van der Waals surface area contributed by atoms with Gasteiger partial charge in [0.2, 0.25) is 6.29 Å². The monoisotopic (exact) mass is 160 g/mol. The van der Waals surface area contributed by atoms with E-state index in [0.717, 1.165) is 6.26 Å². The minimum atomic E-state index is -0.805. The molecule has 0 aliphatic heterocycles. The van der Waals surface area contributed by atoms with Crippen LogP contribution in [0.4, 0.5) is 4.79 Å². The molecule has 0 aromatic rings. The molecular formula is C7H12O4. The van der Waals surface area contributed by atoms with E-state index in [9.17, 15) is 4.79 Å². The summed E-state index contributed by atoms with van der Waals surface area (Å²) in [6.45, 7) is 7.09. The number of hydrogen-bond donors (Lipinski definition) is 0. The fourth-order valence-electron chi connectivity index (χ4n) is 0.500. The third-order valence-electron chi connectivity index (χ3n) is 0.843. The highest BCUT2D eigenvalue weighted by atomic mass is 16.8. The van der Waals surface area contributed by atoms with Crippen LogP contribution in [0.3, 0.4) is 0 Å². The van der Waals surface area contributed by atoms with Crippen molar-refractivity contribution < 1.29 is 19.0 Å². The second-order valence-electron chi connectivity index (χ2n) is 1.68. The maximum absolute atomic E-state index is 10.5. The van der Waals surface area contributed by atoms with Crippen LogP contribution in [-0.2, 0) is 14.2 Å². The van der Waals surface area contributed by atoms with Gasteiger partial charge in [0.1, 0.15) is 0 Å². The molecule has 0 aromatic carbocycles. The number of ether oxygens (including phenoxy) is 3. The summed E-state index contributed by atoms with van der Waals surface area (Å²) in [6.07, 6.45) is -0.380. The third kappa shape index (κ3) is 5.42. The summed E-state index contributed by atoms with van der Waals surface area (Å²) in [5.41, 5.74) is 0. The van der Waals surface area contributed by atoms with E-state index in [1.54, 1.807) is 13.8 Å². The van der Waals surface area contributed by atoms with E-state index < -0.39 is 12.4 Å². The Kier molecular flexibility index (Phi) is 5.20. The molecule has 0 fully saturated rings. The lowest BCUT2D eigenvalue weighted by atomic mass is 10.7. The van der Waals surface area contributed by atoms with Crippen LogP contribution in [0, 0.1) is 0 Å². The lowest BCUT2D eigenvalue weighted by molar-refractivity contribution is -0.101. The molecule has 0 amide bonds. The molecule has 0 spiro atoms. The highest BCUT2D eigenvalue weighted by Crippen LogP contribution is 1.95. The van der Waals surface area contributed by atoms with E-state index >= 15 is 0 Å². The largest absolute Gasteiger partial charge is 0.515 e.